The summed E-state index contributed by atoms with van der Waals surface area (Å²) in [6, 6.07) is 6.12. The summed E-state index contributed by atoms with van der Waals surface area (Å²) in [7, 11) is -1.28. The molecule has 4 N–H and O–H groups in total. The lowest BCUT2D eigenvalue weighted by atomic mass is 10.0. The van der Waals surface area contributed by atoms with Crippen molar-refractivity contribution in [1.29, 1.82) is 0 Å². The highest BCUT2D eigenvalue weighted by Crippen LogP contribution is 2.27. The summed E-state index contributed by atoms with van der Waals surface area (Å²) in [5.74, 6) is 0.431. The predicted octanol–water partition coefficient (Wildman–Crippen LogP) is 0.257. The number of aliphatic imine (C=N–C) groups is 2. The first-order valence-corrected chi connectivity index (χ1v) is 10.0. The van der Waals surface area contributed by atoms with Crippen LogP contribution in [0.25, 0.3) is 0 Å². The summed E-state index contributed by atoms with van der Waals surface area (Å²) in [5, 5.41) is 6.50. The average Bonchev–Trinajstić information content (AvgIpc) is 3.16. The van der Waals surface area contributed by atoms with E-state index in [0.717, 1.165) is 11.3 Å². The van der Waals surface area contributed by atoms with Gasteiger partial charge >= 0.3 is 5.97 Å². The van der Waals surface area contributed by atoms with Crippen LogP contribution in [0.1, 0.15) is 18.0 Å². The summed E-state index contributed by atoms with van der Waals surface area (Å²) in [6.45, 7) is 0. The third-order valence-electron chi connectivity index (χ3n) is 4.82. The number of hydrogen-bond donors (Lipinski definition) is 4. The topological polar surface area (TPSA) is 135 Å². The van der Waals surface area contributed by atoms with Crippen LogP contribution in [-0.2, 0) is 20.2 Å². The number of methoxy groups -OCH3 is 1. The average molecular weight is 413 g/mol. The minimum Gasteiger partial charge on any atom is -0.465 e. The molecule has 0 fully saturated rings. The number of fused-ring (bicyclic) bond motifs is 1. The molecule has 0 spiro atoms. The third-order valence-corrected chi connectivity index (χ3v) is 5.54. The molecule has 0 amide bonds. The highest BCUT2D eigenvalue weighted by Gasteiger charge is 2.31. The lowest BCUT2D eigenvalue weighted by Crippen LogP contribution is -2.36. The monoisotopic (exact) mass is 413 g/mol. The number of carbonyl (C=O) groups is 1. The van der Waals surface area contributed by atoms with E-state index in [2.05, 4.69) is 20.6 Å². The van der Waals surface area contributed by atoms with Crippen molar-refractivity contribution in [2.24, 2.45) is 15.7 Å². The van der Waals surface area contributed by atoms with Gasteiger partial charge in [0, 0.05) is 11.9 Å². The Morgan fingerprint density at radius 3 is 2.72 bits per heavy atom. The van der Waals surface area contributed by atoms with Crippen molar-refractivity contribution < 1.29 is 17.9 Å². The van der Waals surface area contributed by atoms with Crippen molar-refractivity contribution in [3.63, 3.8) is 0 Å². The number of benzene rings is 1. The first kappa shape index (κ1) is 18.9. The molecule has 0 radical (unpaired) electrons. The molecule has 1 aliphatic carbocycles. The van der Waals surface area contributed by atoms with Crippen LogP contribution in [0.4, 0.5) is 0 Å². The number of rotatable bonds is 4. The molecular formula is C19H19N5O4S. The van der Waals surface area contributed by atoms with Crippen molar-refractivity contribution in [2.45, 2.75) is 23.4 Å². The first-order valence-electron chi connectivity index (χ1n) is 8.86. The van der Waals surface area contributed by atoms with Gasteiger partial charge in [0.15, 0.2) is 16.5 Å². The van der Waals surface area contributed by atoms with Gasteiger partial charge in [0.05, 0.1) is 29.7 Å². The lowest BCUT2D eigenvalue weighted by molar-refractivity contribution is -0.135. The van der Waals surface area contributed by atoms with E-state index in [0.29, 0.717) is 23.5 Å². The summed E-state index contributed by atoms with van der Waals surface area (Å²) < 4.78 is 26.9. The first-order chi connectivity index (χ1) is 14.0. The number of ether oxygens (including phenoxy) is 1. The van der Waals surface area contributed by atoms with Gasteiger partial charge in [-0.25, -0.2) is 18.2 Å². The van der Waals surface area contributed by atoms with Crippen LogP contribution in [-0.4, -0.2) is 39.6 Å². The van der Waals surface area contributed by atoms with Gasteiger partial charge < -0.3 is 21.1 Å². The number of thiol groups is 1. The number of nitrogens with two attached hydrogens (primary N) is 1. The molecule has 2 heterocycles. The van der Waals surface area contributed by atoms with Crippen LogP contribution in [0.3, 0.4) is 0 Å². The van der Waals surface area contributed by atoms with Gasteiger partial charge in [-0.3, -0.25) is 4.99 Å². The zero-order chi connectivity index (χ0) is 20.5. The molecule has 2 atom stereocenters. The van der Waals surface area contributed by atoms with E-state index < -0.39 is 16.7 Å². The lowest BCUT2D eigenvalue weighted by Gasteiger charge is -2.23. The SMILES string of the molecule is COC(=O)C1=CCC2N=C(C3=C(N)N=CC(c4ccc([SH](=O)=O)cc4)N3)NC2=C1. The molecular weight excluding hydrogens is 394 g/mol. The van der Waals surface area contributed by atoms with Crippen LogP contribution in [0.5, 0.6) is 0 Å². The molecule has 2 unspecified atom stereocenters. The Balaban J connectivity index is 1.54. The summed E-state index contributed by atoms with van der Waals surface area (Å²) in [5.41, 5.74) is 8.72. The normalized spacial score (nSPS) is 22.9. The van der Waals surface area contributed by atoms with Gasteiger partial charge in [-0.1, -0.05) is 18.2 Å². The van der Waals surface area contributed by atoms with Gasteiger partial charge in [-0.05, 0) is 30.2 Å². The van der Waals surface area contributed by atoms with E-state index in [1.165, 1.54) is 7.11 Å². The van der Waals surface area contributed by atoms with Crippen molar-refractivity contribution >= 4 is 28.7 Å². The number of hydrogen-bond acceptors (Lipinski definition) is 9. The van der Waals surface area contributed by atoms with Gasteiger partial charge in [0.1, 0.15) is 11.5 Å². The second-order valence-corrected chi connectivity index (χ2v) is 7.64. The van der Waals surface area contributed by atoms with Crippen LogP contribution in [0.15, 0.2) is 74.1 Å². The Labute approximate surface area is 168 Å². The zero-order valence-corrected chi connectivity index (χ0v) is 16.3. The standard InChI is InChI=1S/C19H19N5O4S/c1-28-19(25)11-4-7-13-14(8-11)24-18(23-13)16-17(20)21-9-15(22-16)10-2-5-12(6-3-10)29(26)27/h2-6,8-9,13,15,22,29H,7,20H2,1H3,(H,23,24). The molecule has 29 heavy (non-hydrogen) atoms. The van der Waals surface area contributed by atoms with Crippen molar-refractivity contribution in [2.75, 3.05) is 7.11 Å². The van der Waals surface area contributed by atoms with Gasteiger partial charge in [-0.2, -0.15) is 0 Å². The maximum Gasteiger partial charge on any atom is 0.337 e. The fourth-order valence-corrected chi connectivity index (χ4v) is 3.68. The number of carbonyl (C=O) groups excluding carboxylic acids is 1. The summed E-state index contributed by atoms with van der Waals surface area (Å²) in [6.07, 6.45) is 5.74. The molecule has 3 aliphatic rings. The largest absolute Gasteiger partial charge is 0.465 e. The van der Waals surface area contributed by atoms with Crippen molar-refractivity contribution in [3.8, 4) is 0 Å². The van der Waals surface area contributed by atoms with Crippen LogP contribution < -0.4 is 16.4 Å². The zero-order valence-electron chi connectivity index (χ0n) is 15.5. The second kappa shape index (κ2) is 7.55. The minimum absolute atomic E-state index is 0.127. The summed E-state index contributed by atoms with van der Waals surface area (Å²) >= 11 is 0. The Morgan fingerprint density at radius 2 is 2.03 bits per heavy atom. The molecule has 9 nitrogen and oxygen atoms in total. The van der Waals surface area contributed by atoms with E-state index >= 15 is 0 Å². The molecule has 1 aromatic carbocycles. The molecule has 0 saturated heterocycles. The molecule has 0 bridgehead atoms. The highest BCUT2D eigenvalue weighted by atomic mass is 32.2. The van der Waals surface area contributed by atoms with E-state index in [1.54, 1.807) is 42.6 Å². The van der Waals surface area contributed by atoms with Crippen LogP contribution >= 0.6 is 0 Å². The number of nitrogens with one attached hydrogen (secondary N) is 2. The molecule has 4 rings (SSSR count). The smallest absolute Gasteiger partial charge is 0.337 e. The van der Waals surface area contributed by atoms with Gasteiger partial charge in [-0.15, -0.1) is 0 Å². The number of esters is 1. The number of amidine groups is 1. The Hall–Kier alpha value is -3.40. The molecule has 2 aliphatic heterocycles. The van der Waals surface area contributed by atoms with Crippen LogP contribution in [0, 0.1) is 0 Å². The molecule has 0 aromatic heterocycles. The summed E-state index contributed by atoms with van der Waals surface area (Å²) in [4.78, 5) is 20.9. The minimum atomic E-state index is -2.62. The number of nitrogens with zero attached hydrogens (tertiary/aromatic N) is 2. The quantitative estimate of drug-likeness (QED) is 0.411. The second-order valence-electron chi connectivity index (χ2n) is 6.61. The van der Waals surface area contributed by atoms with E-state index in [1.807, 2.05) is 0 Å². The van der Waals surface area contributed by atoms with E-state index in [9.17, 15) is 13.2 Å². The maximum atomic E-state index is 11.8. The fraction of sp³-hybridized carbons (Fsp3) is 0.211. The van der Waals surface area contributed by atoms with Crippen LogP contribution in [0.2, 0.25) is 0 Å². The maximum absolute atomic E-state index is 11.8. The Bertz CT molecular complexity index is 1090. The van der Waals surface area contributed by atoms with Gasteiger partial charge in [0.25, 0.3) is 0 Å². The molecule has 0 saturated carbocycles. The van der Waals surface area contributed by atoms with Crippen molar-refractivity contribution in [3.05, 3.63) is 64.8 Å². The highest BCUT2D eigenvalue weighted by molar-refractivity contribution is 7.72. The Kier molecular flexibility index (Phi) is 4.93. The fourth-order valence-electron chi connectivity index (χ4n) is 3.29. The predicted molar refractivity (Wildman–Crippen MR) is 108 cm³/mol. The third kappa shape index (κ3) is 3.66. The molecule has 1 aromatic rings. The molecule has 10 heteroatoms. The van der Waals surface area contributed by atoms with E-state index in [4.69, 9.17) is 10.5 Å². The van der Waals surface area contributed by atoms with E-state index in [-0.39, 0.29) is 22.8 Å². The Morgan fingerprint density at radius 1 is 1.28 bits per heavy atom. The van der Waals surface area contributed by atoms with Crippen molar-refractivity contribution in [1.82, 2.24) is 10.6 Å². The van der Waals surface area contributed by atoms with Gasteiger partial charge in [0.2, 0.25) is 0 Å². The molecule has 150 valence electrons.